The van der Waals surface area contributed by atoms with Crippen molar-refractivity contribution in [3.63, 3.8) is 0 Å². The highest BCUT2D eigenvalue weighted by Gasteiger charge is 2.21. The quantitative estimate of drug-likeness (QED) is 0.156. The zero-order valence-corrected chi connectivity index (χ0v) is 32.8. The molecule has 0 fully saturated rings. The van der Waals surface area contributed by atoms with E-state index in [0.29, 0.717) is 17.5 Å². The van der Waals surface area contributed by atoms with Crippen molar-refractivity contribution in [2.24, 2.45) is 0 Å². The molecule has 0 saturated carbocycles. The number of hydrogen-bond donors (Lipinski definition) is 0. The van der Waals surface area contributed by atoms with Crippen LogP contribution < -0.4 is 0 Å². The lowest BCUT2D eigenvalue weighted by Crippen LogP contribution is -2.01. The Hall–Kier alpha value is -7.94. The summed E-state index contributed by atoms with van der Waals surface area (Å²) >= 11 is 1.23. The van der Waals surface area contributed by atoms with Crippen LogP contribution in [0.1, 0.15) is 0 Å². The van der Waals surface area contributed by atoms with Crippen molar-refractivity contribution < 1.29 is 0 Å². The molecule has 0 N–H and O–H groups in total. The number of fused-ring (bicyclic) bond motifs is 8. The maximum atomic E-state index is 5.22. The summed E-state index contributed by atoms with van der Waals surface area (Å²) in [7, 11) is 0. The summed E-state index contributed by atoms with van der Waals surface area (Å²) in [5.74, 6) is 1.77. The number of rotatable bonds is 6. The third-order valence-corrected chi connectivity index (χ3v) is 11.8. The summed E-state index contributed by atoms with van der Waals surface area (Å²) in [4.78, 5) is 20.6. The summed E-state index contributed by atoms with van der Waals surface area (Å²) in [5, 5.41) is 5.56. The Balaban J connectivity index is 1.04. The topological polar surface area (TPSA) is 82.3 Å². The molecule has 12 rings (SSSR count). The van der Waals surface area contributed by atoms with Crippen LogP contribution in [0.5, 0.6) is 0 Å². The van der Waals surface area contributed by atoms with E-state index in [0.717, 1.165) is 88.5 Å². The lowest BCUT2D eigenvalue weighted by atomic mass is 9.93. The fourth-order valence-corrected chi connectivity index (χ4v) is 9.13. The average molecular weight is 786 g/mol. The van der Waals surface area contributed by atoms with Crippen molar-refractivity contribution >= 4 is 66.2 Å². The first-order valence-electron chi connectivity index (χ1n) is 19.8. The molecule has 280 valence electrons. The van der Waals surface area contributed by atoms with Crippen LogP contribution in [0.2, 0.25) is 0 Å². The number of nitrogens with zero attached hydrogens (tertiary/aromatic N) is 7. The number of aromatic nitrogens is 7. The van der Waals surface area contributed by atoms with Gasteiger partial charge in [-0.05, 0) is 48.0 Å². The maximum absolute atomic E-state index is 5.22. The van der Waals surface area contributed by atoms with Gasteiger partial charge in [0.05, 0.1) is 34.0 Å². The van der Waals surface area contributed by atoms with E-state index in [2.05, 4.69) is 150 Å². The largest absolute Gasteiger partial charge is 0.309 e. The molecule has 12 aromatic rings. The van der Waals surface area contributed by atoms with Crippen molar-refractivity contribution in [3.05, 3.63) is 188 Å². The minimum Gasteiger partial charge on any atom is -0.309 e. The molecule has 0 atom stereocenters. The third-order valence-electron chi connectivity index (χ3n) is 11.3. The molecule has 0 unspecified atom stereocenters. The molecule has 60 heavy (non-hydrogen) atoms. The van der Waals surface area contributed by atoms with Crippen molar-refractivity contribution in [1.82, 2.24) is 33.3 Å². The van der Waals surface area contributed by atoms with Gasteiger partial charge in [0.25, 0.3) is 0 Å². The van der Waals surface area contributed by atoms with E-state index in [1.165, 1.54) is 22.5 Å². The smallest absolute Gasteiger partial charge is 0.164 e. The minimum atomic E-state index is 0.578. The van der Waals surface area contributed by atoms with Crippen LogP contribution in [0.3, 0.4) is 0 Å². The van der Waals surface area contributed by atoms with Crippen LogP contribution in [0.15, 0.2) is 188 Å². The summed E-state index contributed by atoms with van der Waals surface area (Å²) in [6, 6.07) is 65.0. The van der Waals surface area contributed by atoms with Gasteiger partial charge >= 0.3 is 0 Å². The minimum absolute atomic E-state index is 0.578. The van der Waals surface area contributed by atoms with Gasteiger partial charge in [0, 0.05) is 60.4 Å². The fourth-order valence-electron chi connectivity index (χ4n) is 8.56. The molecule has 0 aliphatic heterocycles. The van der Waals surface area contributed by atoms with Crippen LogP contribution in [0.4, 0.5) is 0 Å². The second-order valence-electron chi connectivity index (χ2n) is 14.8. The predicted molar refractivity (Wildman–Crippen MR) is 245 cm³/mol. The Morgan fingerprint density at radius 1 is 0.367 bits per heavy atom. The van der Waals surface area contributed by atoms with Gasteiger partial charge in [-0.3, -0.25) is 0 Å². The van der Waals surface area contributed by atoms with Crippen LogP contribution >= 0.6 is 11.7 Å². The lowest BCUT2D eigenvalue weighted by Gasteiger charge is -2.14. The summed E-state index contributed by atoms with van der Waals surface area (Å²) < 4.78 is 12.1. The highest BCUT2D eigenvalue weighted by atomic mass is 32.1. The van der Waals surface area contributed by atoms with Crippen molar-refractivity contribution in [2.45, 2.75) is 0 Å². The molecular weight excluding hydrogens is 755 g/mol. The first-order valence-corrected chi connectivity index (χ1v) is 20.5. The van der Waals surface area contributed by atoms with Gasteiger partial charge in [0.2, 0.25) is 0 Å². The van der Waals surface area contributed by atoms with Crippen LogP contribution in [-0.4, -0.2) is 33.3 Å². The highest BCUT2D eigenvalue weighted by molar-refractivity contribution is 7.00. The van der Waals surface area contributed by atoms with Crippen molar-refractivity contribution in [2.75, 3.05) is 0 Å². The summed E-state index contributed by atoms with van der Waals surface area (Å²) in [6.45, 7) is 0. The molecular formula is C52H31N7S. The SMILES string of the molecule is c1ccc(-c2nc(-c3cccc(-c4cc5c(-c6ccccc6)nc6ccccc6c5c5nsnc45)c3)nc(-c3cccc(-n4c5ccccc5c5ccccc54)c3)n2)cc1. The number of benzene rings is 8. The van der Waals surface area contributed by atoms with Crippen LogP contribution in [0.25, 0.3) is 117 Å². The van der Waals surface area contributed by atoms with Gasteiger partial charge in [-0.15, -0.1) is 0 Å². The molecule has 0 saturated heterocycles. The molecule has 0 aliphatic rings. The second kappa shape index (κ2) is 13.9. The van der Waals surface area contributed by atoms with Gasteiger partial charge in [0.1, 0.15) is 11.0 Å². The third kappa shape index (κ3) is 5.57. The molecule has 4 aromatic heterocycles. The molecule has 0 bridgehead atoms. The Kier molecular flexibility index (Phi) is 7.89. The van der Waals surface area contributed by atoms with Crippen LogP contribution in [0, 0.1) is 0 Å². The second-order valence-corrected chi connectivity index (χ2v) is 15.4. The normalized spacial score (nSPS) is 11.7. The molecule has 0 aliphatic carbocycles. The van der Waals surface area contributed by atoms with Crippen molar-refractivity contribution in [3.8, 4) is 62.2 Å². The van der Waals surface area contributed by atoms with Crippen LogP contribution in [-0.2, 0) is 0 Å². The number of hydrogen-bond acceptors (Lipinski definition) is 7. The van der Waals surface area contributed by atoms with Gasteiger partial charge < -0.3 is 4.57 Å². The summed E-state index contributed by atoms with van der Waals surface area (Å²) in [5.41, 5.74) is 12.5. The first kappa shape index (κ1) is 34.1. The standard InChI is InChI=1S/C52H31N7S/c1-3-15-32(16-4-1)47-42-31-41(48-49(58-60-57-48)46(42)40-25-7-10-26-43(40)53-47)34-19-13-20-35(29-34)51-54-50(33-17-5-2-6-18-33)55-52(56-51)36-21-14-22-37(30-36)59-44-27-11-8-23-38(44)39-24-9-12-28-45(39)59/h1-31H. The summed E-state index contributed by atoms with van der Waals surface area (Å²) in [6.07, 6.45) is 0. The molecule has 4 heterocycles. The predicted octanol–water partition coefficient (Wildman–Crippen LogP) is 13.0. The van der Waals surface area contributed by atoms with E-state index >= 15 is 0 Å². The van der Waals surface area contributed by atoms with E-state index in [1.807, 2.05) is 42.5 Å². The monoisotopic (exact) mass is 785 g/mol. The molecule has 7 nitrogen and oxygen atoms in total. The Morgan fingerprint density at radius 3 is 1.62 bits per heavy atom. The Labute approximate surface area is 348 Å². The van der Waals surface area contributed by atoms with Gasteiger partial charge in [0.15, 0.2) is 17.5 Å². The fraction of sp³-hybridized carbons (Fsp3) is 0. The van der Waals surface area contributed by atoms with Gasteiger partial charge in [-0.1, -0.05) is 146 Å². The van der Waals surface area contributed by atoms with Crippen molar-refractivity contribution in [1.29, 1.82) is 0 Å². The number of pyridine rings is 1. The lowest BCUT2D eigenvalue weighted by molar-refractivity contribution is 1.07. The van der Waals surface area contributed by atoms with E-state index in [1.54, 1.807) is 0 Å². The number of para-hydroxylation sites is 3. The zero-order chi connectivity index (χ0) is 39.6. The first-order chi connectivity index (χ1) is 29.7. The molecule has 8 aromatic carbocycles. The zero-order valence-electron chi connectivity index (χ0n) is 31.9. The maximum Gasteiger partial charge on any atom is 0.164 e. The molecule has 0 radical (unpaired) electrons. The van der Waals surface area contributed by atoms with E-state index in [4.69, 9.17) is 28.7 Å². The Bertz CT molecular complexity index is 3560. The van der Waals surface area contributed by atoms with E-state index < -0.39 is 0 Å². The van der Waals surface area contributed by atoms with E-state index in [9.17, 15) is 0 Å². The Morgan fingerprint density at radius 2 is 0.900 bits per heavy atom. The molecule has 8 heteroatoms. The van der Waals surface area contributed by atoms with Gasteiger partial charge in [-0.25, -0.2) is 19.9 Å². The molecule has 0 spiro atoms. The van der Waals surface area contributed by atoms with Gasteiger partial charge in [-0.2, -0.15) is 8.75 Å². The van der Waals surface area contributed by atoms with E-state index in [-0.39, 0.29) is 0 Å². The highest BCUT2D eigenvalue weighted by Crippen LogP contribution is 2.42. The average Bonchev–Trinajstić information content (AvgIpc) is 3.95. The molecule has 0 amide bonds.